The van der Waals surface area contributed by atoms with Crippen molar-refractivity contribution < 1.29 is 31.1 Å². The van der Waals surface area contributed by atoms with Gasteiger partial charge in [-0.25, -0.2) is 0 Å². The van der Waals surface area contributed by atoms with Crippen molar-refractivity contribution in [2.24, 2.45) is 0 Å². The second kappa shape index (κ2) is 6.00. The Labute approximate surface area is 151 Å². The molecule has 0 spiro atoms. The first-order valence-corrected chi connectivity index (χ1v) is 8.13. The van der Waals surface area contributed by atoms with Crippen molar-refractivity contribution in [2.45, 2.75) is 38.2 Å². The number of carbonyl (C=O) groups is 1. The van der Waals surface area contributed by atoms with Crippen molar-refractivity contribution in [3.05, 3.63) is 64.7 Å². The molecule has 1 aliphatic rings. The number of alkyl halides is 6. The molecule has 0 radical (unpaired) electrons. The highest BCUT2D eigenvalue weighted by molar-refractivity contribution is 6.12. The van der Waals surface area contributed by atoms with Gasteiger partial charge in [-0.2, -0.15) is 26.3 Å². The van der Waals surface area contributed by atoms with Gasteiger partial charge in [0.1, 0.15) is 0 Å². The van der Waals surface area contributed by atoms with Gasteiger partial charge < -0.3 is 0 Å². The molecule has 0 aliphatic carbocycles. The maximum absolute atomic E-state index is 13.2. The monoisotopic (exact) mass is 387 g/mol. The average molecular weight is 387 g/mol. The van der Waals surface area contributed by atoms with Crippen molar-refractivity contribution >= 4 is 11.6 Å². The first kappa shape index (κ1) is 19.3. The van der Waals surface area contributed by atoms with E-state index in [4.69, 9.17) is 0 Å². The van der Waals surface area contributed by atoms with Gasteiger partial charge in [-0.15, -0.1) is 0 Å². The molecule has 0 bridgehead atoms. The molecule has 0 fully saturated rings. The third kappa shape index (κ3) is 3.07. The van der Waals surface area contributed by atoms with Gasteiger partial charge >= 0.3 is 12.4 Å². The Morgan fingerprint density at radius 3 is 1.93 bits per heavy atom. The van der Waals surface area contributed by atoms with Crippen molar-refractivity contribution in [3.8, 4) is 0 Å². The van der Waals surface area contributed by atoms with E-state index < -0.39 is 40.6 Å². The summed E-state index contributed by atoms with van der Waals surface area (Å²) in [5.41, 5.74) is -3.54. The largest absolute Gasteiger partial charge is 0.416 e. The van der Waals surface area contributed by atoms with E-state index in [0.717, 1.165) is 4.90 Å². The Kier molecular flexibility index (Phi) is 4.28. The summed E-state index contributed by atoms with van der Waals surface area (Å²) in [6.45, 7) is 3.35. The SMILES string of the molecule is CCC1(C)c2ccccc2C(=O)N1c1cc(C(F)(F)F)cc(C(F)(F)F)c1. The van der Waals surface area contributed by atoms with E-state index in [0.29, 0.717) is 24.1 Å². The van der Waals surface area contributed by atoms with Gasteiger partial charge in [-0.1, -0.05) is 25.1 Å². The number of halogens is 6. The minimum atomic E-state index is -4.98. The highest BCUT2D eigenvalue weighted by atomic mass is 19.4. The summed E-state index contributed by atoms with van der Waals surface area (Å²) < 4.78 is 79.1. The lowest BCUT2D eigenvalue weighted by atomic mass is 9.88. The lowest BCUT2D eigenvalue weighted by Crippen LogP contribution is -2.41. The van der Waals surface area contributed by atoms with E-state index in [-0.39, 0.29) is 11.6 Å². The summed E-state index contributed by atoms with van der Waals surface area (Å²) in [4.78, 5) is 13.9. The summed E-state index contributed by atoms with van der Waals surface area (Å²) >= 11 is 0. The van der Waals surface area contributed by atoms with E-state index in [1.165, 1.54) is 6.07 Å². The predicted octanol–water partition coefficient (Wildman–Crippen LogP) is 6.01. The molecule has 2 aromatic carbocycles. The van der Waals surface area contributed by atoms with Gasteiger partial charge in [0.25, 0.3) is 5.91 Å². The quantitative estimate of drug-likeness (QED) is 0.578. The van der Waals surface area contributed by atoms with Crippen molar-refractivity contribution in [3.63, 3.8) is 0 Å². The first-order valence-electron chi connectivity index (χ1n) is 8.13. The lowest BCUT2D eigenvalue weighted by Gasteiger charge is -2.36. The summed E-state index contributed by atoms with van der Waals surface area (Å²) in [5.74, 6) is -0.623. The zero-order valence-electron chi connectivity index (χ0n) is 14.4. The van der Waals surface area contributed by atoms with Crippen LogP contribution in [0.5, 0.6) is 0 Å². The zero-order valence-corrected chi connectivity index (χ0v) is 14.4. The number of nitrogens with zero attached hydrogens (tertiary/aromatic N) is 1. The fraction of sp³-hybridized carbons (Fsp3) is 0.316. The molecule has 1 atom stereocenters. The van der Waals surface area contributed by atoms with Crippen molar-refractivity contribution in [2.75, 3.05) is 4.90 Å². The van der Waals surface area contributed by atoms with Crippen LogP contribution in [0.4, 0.5) is 32.0 Å². The highest BCUT2D eigenvalue weighted by Crippen LogP contribution is 2.46. The van der Waals surface area contributed by atoms with Crippen molar-refractivity contribution in [1.29, 1.82) is 0 Å². The Morgan fingerprint density at radius 1 is 0.926 bits per heavy atom. The molecule has 0 N–H and O–H groups in total. The first-order chi connectivity index (χ1) is 12.4. The smallest absolute Gasteiger partial charge is 0.298 e. The molecule has 1 unspecified atom stereocenters. The maximum atomic E-state index is 13.2. The van der Waals surface area contributed by atoms with E-state index in [9.17, 15) is 31.1 Å². The molecule has 2 aromatic rings. The van der Waals surface area contributed by atoms with Crippen LogP contribution in [0.1, 0.15) is 47.3 Å². The summed E-state index contributed by atoms with van der Waals surface area (Å²) in [6, 6.07) is 7.69. The molecule has 2 nitrogen and oxygen atoms in total. The molecule has 0 saturated carbocycles. The van der Waals surface area contributed by atoms with Gasteiger partial charge in [-0.05, 0) is 43.2 Å². The van der Waals surface area contributed by atoms with Gasteiger partial charge in [0.05, 0.1) is 16.7 Å². The molecule has 1 amide bonds. The minimum absolute atomic E-state index is 0.0560. The van der Waals surface area contributed by atoms with Crippen LogP contribution in [0.3, 0.4) is 0 Å². The Balaban J connectivity index is 2.26. The molecular weight excluding hydrogens is 372 g/mol. The van der Waals surface area contributed by atoms with Crippen LogP contribution in [0.25, 0.3) is 0 Å². The molecular formula is C19H15F6NO. The van der Waals surface area contributed by atoms with Crippen LogP contribution in [-0.4, -0.2) is 5.91 Å². The lowest BCUT2D eigenvalue weighted by molar-refractivity contribution is -0.143. The standard InChI is InChI=1S/C19H15F6NO/c1-3-17(2)15-7-5-4-6-14(15)16(27)26(17)13-9-11(18(20,21)22)8-12(10-13)19(23,24)25/h4-10H,3H2,1-2H3. The summed E-state index contributed by atoms with van der Waals surface area (Å²) in [7, 11) is 0. The third-order valence-corrected chi connectivity index (χ3v) is 4.95. The van der Waals surface area contributed by atoms with Crippen LogP contribution < -0.4 is 4.90 Å². The Morgan fingerprint density at radius 2 is 1.44 bits per heavy atom. The second-order valence-corrected chi connectivity index (χ2v) is 6.58. The molecule has 0 aromatic heterocycles. The highest BCUT2D eigenvalue weighted by Gasteiger charge is 2.47. The van der Waals surface area contributed by atoms with Gasteiger partial charge in [0.15, 0.2) is 0 Å². The molecule has 1 heterocycles. The summed E-state index contributed by atoms with van der Waals surface area (Å²) in [5, 5.41) is 0. The third-order valence-electron chi connectivity index (χ3n) is 4.95. The Hall–Kier alpha value is -2.51. The summed E-state index contributed by atoms with van der Waals surface area (Å²) in [6.07, 6.45) is -9.64. The van der Waals surface area contributed by atoms with Crippen LogP contribution >= 0.6 is 0 Å². The van der Waals surface area contributed by atoms with E-state index >= 15 is 0 Å². The van der Waals surface area contributed by atoms with Crippen LogP contribution in [0, 0.1) is 0 Å². The number of benzene rings is 2. The van der Waals surface area contributed by atoms with Crippen LogP contribution in [0.2, 0.25) is 0 Å². The second-order valence-electron chi connectivity index (χ2n) is 6.58. The van der Waals surface area contributed by atoms with Crippen LogP contribution in [0.15, 0.2) is 42.5 Å². The number of anilines is 1. The molecule has 3 rings (SSSR count). The number of amides is 1. The molecule has 1 aliphatic heterocycles. The number of hydrogen-bond acceptors (Lipinski definition) is 1. The zero-order chi connectivity index (χ0) is 20.2. The molecule has 8 heteroatoms. The molecule has 0 saturated heterocycles. The number of carbonyl (C=O) groups excluding carboxylic acids is 1. The van der Waals surface area contributed by atoms with Gasteiger partial charge in [-0.3, -0.25) is 9.69 Å². The van der Waals surface area contributed by atoms with Gasteiger partial charge in [0, 0.05) is 11.3 Å². The molecule has 144 valence electrons. The number of fused-ring (bicyclic) bond motifs is 1. The van der Waals surface area contributed by atoms with E-state index in [1.807, 2.05) is 0 Å². The van der Waals surface area contributed by atoms with Gasteiger partial charge in [0.2, 0.25) is 0 Å². The average Bonchev–Trinajstić information content (AvgIpc) is 2.82. The van der Waals surface area contributed by atoms with Crippen molar-refractivity contribution in [1.82, 2.24) is 0 Å². The normalized spacial score (nSPS) is 20.1. The van der Waals surface area contributed by atoms with E-state index in [2.05, 4.69) is 0 Å². The molecule has 27 heavy (non-hydrogen) atoms. The maximum Gasteiger partial charge on any atom is 0.416 e. The fourth-order valence-electron chi connectivity index (χ4n) is 3.42. The predicted molar refractivity (Wildman–Crippen MR) is 87.3 cm³/mol. The minimum Gasteiger partial charge on any atom is -0.298 e. The van der Waals surface area contributed by atoms with Crippen LogP contribution in [-0.2, 0) is 17.9 Å². The Bertz CT molecular complexity index is 870. The number of hydrogen-bond donors (Lipinski definition) is 0. The van der Waals surface area contributed by atoms with E-state index in [1.54, 1.807) is 32.0 Å². The number of rotatable bonds is 2. The fourth-order valence-corrected chi connectivity index (χ4v) is 3.42. The topological polar surface area (TPSA) is 20.3 Å².